The highest BCUT2D eigenvalue weighted by Gasteiger charge is 2.38. The van der Waals surface area contributed by atoms with E-state index in [1.165, 1.54) is 4.90 Å². The quantitative estimate of drug-likeness (QED) is 0.117. The zero-order valence-electron chi connectivity index (χ0n) is 24.9. The Kier molecular flexibility index (Phi) is 13.7. The van der Waals surface area contributed by atoms with Gasteiger partial charge in [0.05, 0.1) is 0 Å². The second-order valence-corrected chi connectivity index (χ2v) is 11.2. The number of aliphatic hydroxyl groups excluding tert-OH is 1. The molecule has 0 aromatic heterocycles. The van der Waals surface area contributed by atoms with Gasteiger partial charge in [-0.2, -0.15) is 10.2 Å². The molecule has 0 saturated heterocycles. The fraction of sp³-hybridized carbons (Fsp3) is 0.606. The van der Waals surface area contributed by atoms with Crippen LogP contribution < -0.4 is 5.32 Å². The first kappa shape index (κ1) is 33.0. The molecule has 9 nitrogen and oxygen atoms in total. The molecule has 9 heteroatoms. The lowest BCUT2D eigenvalue weighted by Crippen LogP contribution is -2.41. The molecule has 3 atom stereocenters. The summed E-state index contributed by atoms with van der Waals surface area (Å²) >= 11 is 0. The molecule has 2 heterocycles. The molecular formula is C33H46N4O5. The van der Waals surface area contributed by atoms with E-state index in [1.807, 2.05) is 12.1 Å². The zero-order valence-corrected chi connectivity index (χ0v) is 24.9. The lowest BCUT2D eigenvalue weighted by molar-refractivity contribution is -0.154. The minimum Gasteiger partial charge on any atom is -0.461 e. The van der Waals surface area contributed by atoms with Gasteiger partial charge in [0.1, 0.15) is 18.2 Å². The first-order valence-electron chi connectivity index (χ1n) is 15.5. The molecule has 0 radical (unpaired) electrons. The maximum absolute atomic E-state index is 13.2. The molecule has 0 saturated carbocycles. The van der Waals surface area contributed by atoms with E-state index in [4.69, 9.17) is 11.2 Å². The topological polar surface area (TPSA) is 121 Å². The van der Waals surface area contributed by atoms with E-state index >= 15 is 0 Å². The lowest BCUT2D eigenvalue weighted by atomic mass is 10.0. The third-order valence-corrected chi connectivity index (χ3v) is 7.83. The van der Waals surface area contributed by atoms with Crippen LogP contribution in [0, 0.1) is 12.3 Å². The highest BCUT2D eigenvalue weighted by Crippen LogP contribution is 2.36. The highest BCUT2D eigenvalue weighted by atomic mass is 16.5. The van der Waals surface area contributed by atoms with Gasteiger partial charge in [-0.15, -0.1) is 12.3 Å². The van der Waals surface area contributed by atoms with Crippen molar-refractivity contribution in [1.29, 1.82) is 0 Å². The molecule has 0 unspecified atom stereocenters. The number of unbranched alkanes of at least 4 members (excludes halogenated alkanes) is 5. The number of ether oxygens (including phenoxy) is 1. The summed E-state index contributed by atoms with van der Waals surface area (Å²) in [6.45, 7) is 2.55. The standard InChI is InChI=1S/C33H46N4O5/c1-3-5-7-12-18-27(42-32(41)28-20-15-25-37(28)31(40)26-16-10-8-11-17-26)19-13-9-14-21-29(38)30(39)34-24-23-33(35-36-33)22-6-4-2/h2,8,10-11,15-17,25,27-29,38H,3,5-7,9,12-14,18-24H2,1H3,(H,34,39)/t27-,28+,29-/m1/s1. The van der Waals surface area contributed by atoms with Crippen molar-refractivity contribution in [2.75, 3.05) is 6.54 Å². The number of carbonyl (C=O) groups excluding carboxylic acids is 3. The number of carbonyl (C=O) groups is 3. The predicted octanol–water partition coefficient (Wildman–Crippen LogP) is 5.69. The van der Waals surface area contributed by atoms with E-state index in [-0.39, 0.29) is 23.9 Å². The van der Waals surface area contributed by atoms with Gasteiger partial charge >= 0.3 is 5.97 Å². The molecule has 42 heavy (non-hydrogen) atoms. The Labute approximate surface area is 250 Å². The Morgan fingerprint density at radius 2 is 1.76 bits per heavy atom. The number of aliphatic hydroxyl groups is 1. The Balaban J connectivity index is 1.39. The van der Waals surface area contributed by atoms with Gasteiger partial charge in [-0.1, -0.05) is 63.3 Å². The average Bonchev–Trinajstić information content (AvgIpc) is 3.59. The fourth-order valence-corrected chi connectivity index (χ4v) is 5.16. The first-order chi connectivity index (χ1) is 20.4. The van der Waals surface area contributed by atoms with Crippen molar-refractivity contribution in [3.63, 3.8) is 0 Å². The number of hydrogen-bond acceptors (Lipinski definition) is 7. The largest absolute Gasteiger partial charge is 0.461 e. The van der Waals surface area contributed by atoms with Crippen LogP contribution in [0.4, 0.5) is 0 Å². The predicted molar refractivity (Wildman–Crippen MR) is 161 cm³/mol. The summed E-state index contributed by atoms with van der Waals surface area (Å²) in [7, 11) is 0. The number of amides is 2. The molecule has 2 aliphatic rings. The van der Waals surface area contributed by atoms with Gasteiger partial charge in [-0.25, -0.2) is 4.79 Å². The maximum Gasteiger partial charge on any atom is 0.329 e. The summed E-state index contributed by atoms with van der Waals surface area (Å²) in [5.74, 6) is 1.61. The Bertz CT molecular complexity index is 1110. The Morgan fingerprint density at radius 3 is 2.43 bits per heavy atom. The minimum atomic E-state index is -1.06. The second-order valence-electron chi connectivity index (χ2n) is 11.2. The molecule has 2 amide bonds. The lowest BCUT2D eigenvalue weighted by Gasteiger charge is -2.25. The summed E-state index contributed by atoms with van der Waals surface area (Å²) in [6.07, 6.45) is 18.3. The van der Waals surface area contributed by atoms with Crippen molar-refractivity contribution in [2.45, 2.75) is 121 Å². The summed E-state index contributed by atoms with van der Waals surface area (Å²) in [4.78, 5) is 39.9. The Morgan fingerprint density at radius 1 is 1.07 bits per heavy atom. The normalized spacial score (nSPS) is 17.8. The van der Waals surface area contributed by atoms with Gasteiger partial charge in [-0.3, -0.25) is 9.59 Å². The Hall–Kier alpha value is -3.51. The molecule has 1 aromatic rings. The van der Waals surface area contributed by atoms with E-state index in [0.29, 0.717) is 57.1 Å². The van der Waals surface area contributed by atoms with E-state index in [0.717, 1.165) is 44.9 Å². The zero-order chi connectivity index (χ0) is 30.2. The van der Waals surface area contributed by atoms with Crippen molar-refractivity contribution in [3.05, 3.63) is 48.2 Å². The van der Waals surface area contributed by atoms with Crippen molar-refractivity contribution in [3.8, 4) is 12.3 Å². The van der Waals surface area contributed by atoms with Crippen LogP contribution in [0.25, 0.3) is 0 Å². The number of esters is 1. The van der Waals surface area contributed by atoms with E-state index in [9.17, 15) is 19.5 Å². The third-order valence-electron chi connectivity index (χ3n) is 7.83. The molecule has 2 aliphatic heterocycles. The van der Waals surface area contributed by atoms with Crippen LogP contribution in [-0.4, -0.2) is 58.2 Å². The maximum atomic E-state index is 13.2. The molecule has 0 aliphatic carbocycles. The van der Waals surface area contributed by atoms with Crippen molar-refractivity contribution in [1.82, 2.24) is 10.2 Å². The van der Waals surface area contributed by atoms with Gasteiger partial charge in [-0.05, 0) is 50.7 Å². The molecular weight excluding hydrogens is 532 g/mol. The van der Waals surface area contributed by atoms with Gasteiger partial charge in [0, 0.05) is 37.6 Å². The van der Waals surface area contributed by atoms with Gasteiger partial charge in [0.25, 0.3) is 5.91 Å². The van der Waals surface area contributed by atoms with Crippen LogP contribution in [0.5, 0.6) is 0 Å². The SMILES string of the molecule is C#CCCC1(CCNC(=O)[C@H](O)CCCCC[C@@H](CCCCCC)OC(=O)[C@@H]2CC=CN2C(=O)c2ccccc2)N=N1. The van der Waals surface area contributed by atoms with E-state index in [2.05, 4.69) is 28.4 Å². The van der Waals surface area contributed by atoms with Crippen LogP contribution in [0.15, 0.2) is 52.8 Å². The fourth-order valence-electron chi connectivity index (χ4n) is 5.16. The molecule has 1 aromatic carbocycles. The average molecular weight is 579 g/mol. The monoisotopic (exact) mass is 578 g/mol. The molecule has 0 spiro atoms. The summed E-state index contributed by atoms with van der Waals surface area (Å²) in [6, 6.07) is 8.29. The summed E-state index contributed by atoms with van der Waals surface area (Å²) in [5, 5.41) is 21.2. The molecule has 228 valence electrons. The third kappa shape index (κ3) is 10.7. The first-order valence-corrected chi connectivity index (χ1v) is 15.5. The van der Waals surface area contributed by atoms with Crippen LogP contribution in [0.3, 0.4) is 0 Å². The highest BCUT2D eigenvalue weighted by molar-refractivity contribution is 5.98. The number of nitrogens with one attached hydrogen (secondary N) is 1. The molecule has 0 bridgehead atoms. The van der Waals surface area contributed by atoms with Crippen LogP contribution in [0.1, 0.15) is 107 Å². The number of terminal acetylenes is 1. The number of rotatable bonds is 20. The number of hydrogen-bond donors (Lipinski definition) is 2. The second kappa shape index (κ2) is 17.4. The number of nitrogens with zero attached hydrogens (tertiary/aromatic N) is 3. The van der Waals surface area contributed by atoms with Crippen LogP contribution >= 0.6 is 0 Å². The van der Waals surface area contributed by atoms with Gasteiger partial charge in [0.15, 0.2) is 5.66 Å². The number of benzene rings is 1. The summed E-state index contributed by atoms with van der Waals surface area (Å²) < 4.78 is 5.99. The minimum absolute atomic E-state index is 0.214. The smallest absolute Gasteiger partial charge is 0.329 e. The summed E-state index contributed by atoms with van der Waals surface area (Å²) in [5.41, 5.74) is 0.0808. The van der Waals surface area contributed by atoms with Gasteiger partial charge in [0.2, 0.25) is 5.91 Å². The van der Waals surface area contributed by atoms with Crippen molar-refractivity contribution in [2.24, 2.45) is 10.2 Å². The van der Waals surface area contributed by atoms with Crippen molar-refractivity contribution < 1.29 is 24.2 Å². The van der Waals surface area contributed by atoms with E-state index in [1.54, 1.807) is 30.5 Å². The van der Waals surface area contributed by atoms with Gasteiger partial charge < -0.3 is 20.1 Å². The molecule has 3 rings (SSSR count). The van der Waals surface area contributed by atoms with Crippen LogP contribution in [0.2, 0.25) is 0 Å². The molecule has 0 fully saturated rings. The van der Waals surface area contributed by atoms with Crippen LogP contribution in [-0.2, 0) is 14.3 Å². The van der Waals surface area contributed by atoms with Crippen molar-refractivity contribution >= 4 is 17.8 Å². The van der Waals surface area contributed by atoms with E-state index < -0.39 is 17.8 Å². The molecule has 2 N–H and O–H groups in total.